The molecule has 0 radical (unpaired) electrons. The van der Waals surface area contributed by atoms with E-state index in [2.05, 4.69) is 26.1 Å². The Balaban J connectivity index is 0.00000288. The number of nitrogens with two attached hydrogens (primary N) is 1. The van der Waals surface area contributed by atoms with Gasteiger partial charge < -0.3 is 15.8 Å². The summed E-state index contributed by atoms with van der Waals surface area (Å²) in [5.41, 5.74) is 7.10. The molecule has 0 aliphatic heterocycles. The summed E-state index contributed by atoms with van der Waals surface area (Å²) >= 11 is 0. The fraction of sp³-hybridized carbons (Fsp3) is 0.632. The van der Waals surface area contributed by atoms with E-state index in [1.807, 2.05) is 30.3 Å². The topological polar surface area (TPSA) is 64.3 Å². The Kier molecular flexibility index (Phi) is 8.20. The molecule has 24 heavy (non-hydrogen) atoms. The highest BCUT2D eigenvalue weighted by atomic mass is 35.5. The standard InChI is InChI=1S/C19H30N2O2.ClH/c1-4-5-11-23-17-13-16(19(17,2)3)21-18(22)12-15(20)14-9-7-6-8-10-14;/h6-10,15-17H,4-5,11-13,20H2,1-3H3,(H,21,22);1H. The minimum atomic E-state index is -0.254. The maximum absolute atomic E-state index is 12.3. The van der Waals surface area contributed by atoms with Gasteiger partial charge in [0.2, 0.25) is 5.91 Å². The fourth-order valence-corrected chi connectivity index (χ4v) is 3.05. The first kappa shape index (κ1) is 20.9. The van der Waals surface area contributed by atoms with Gasteiger partial charge in [-0.05, 0) is 18.4 Å². The van der Waals surface area contributed by atoms with Crippen molar-refractivity contribution in [1.82, 2.24) is 5.32 Å². The molecule has 3 N–H and O–H groups in total. The van der Waals surface area contributed by atoms with Crippen molar-refractivity contribution in [2.45, 2.75) is 64.6 Å². The zero-order valence-electron chi connectivity index (χ0n) is 15.0. The predicted octanol–water partition coefficient (Wildman–Crippen LogP) is 3.60. The van der Waals surface area contributed by atoms with E-state index in [0.29, 0.717) is 6.42 Å². The lowest BCUT2D eigenvalue weighted by molar-refractivity contribution is -0.138. The molecule has 0 bridgehead atoms. The lowest BCUT2D eigenvalue weighted by Crippen LogP contribution is -2.62. The highest BCUT2D eigenvalue weighted by Crippen LogP contribution is 2.42. The van der Waals surface area contributed by atoms with Crippen LogP contribution in [0.25, 0.3) is 0 Å². The van der Waals surface area contributed by atoms with E-state index in [-0.39, 0.29) is 41.9 Å². The Morgan fingerprint density at radius 2 is 2.04 bits per heavy atom. The quantitative estimate of drug-likeness (QED) is 0.701. The van der Waals surface area contributed by atoms with Crippen molar-refractivity contribution >= 4 is 18.3 Å². The summed E-state index contributed by atoms with van der Waals surface area (Å²) in [6.45, 7) is 7.29. The zero-order chi connectivity index (χ0) is 16.9. The first-order valence-corrected chi connectivity index (χ1v) is 8.66. The van der Waals surface area contributed by atoms with Crippen LogP contribution in [0.1, 0.15) is 58.1 Å². The van der Waals surface area contributed by atoms with E-state index in [1.54, 1.807) is 0 Å². The van der Waals surface area contributed by atoms with Crippen molar-refractivity contribution in [2.75, 3.05) is 6.61 Å². The molecule has 1 saturated carbocycles. The van der Waals surface area contributed by atoms with Crippen LogP contribution in [0.3, 0.4) is 0 Å². The second kappa shape index (κ2) is 9.40. The fourth-order valence-electron chi connectivity index (χ4n) is 3.05. The van der Waals surface area contributed by atoms with Crippen molar-refractivity contribution in [1.29, 1.82) is 0 Å². The SMILES string of the molecule is CCCCOC1CC(NC(=O)CC(N)c2ccccc2)C1(C)C.Cl. The number of ether oxygens (including phenoxy) is 1. The first-order chi connectivity index (χ1) is 10.9. The highest BCUT2D eigenvalue weighted by Gasteiger charge is 2.49. The third kappa shape index (κ3) is 5.20. The number of carbonyl (C=O) groups excluding carboxylic acids is 1. The zero-order valence-corrected chi connectivity index (χ0v) is 15.8. The van der Waals surface area contributed by atoms with Gasteiger partial charge in [0.1, 0.15) is 0 Å². The Morgan fingerprint density at radius 1 is 1.38 bits per heavy atom. The number of halogens is 1. The van der Waals surface area contributed by atoms with Crippen LogP contribution in [-0.2, 0) is 9.53 Å². The van der Waals surface area contributed by atoms with Crippen LogP contribution in [0.4, 0.5) is 0 Å². The van der Waals surface area contributed by atoms with Crippen molar-refractivity contribution < 1.29 is 9.53 Å². The van der Waals surface area contributed by atoms with Crippen LogP contribution in [0.2, 0.25) is 0 Å². The molecule has 4 nitrogen and oxygen atoms in total. The van der Waals surface area contributed by atoms with Crippen molar-refractivity contribution in [3.05, 3.63) is 35.9 Å². The lowest BCUT2D eigenvalue weighted by atomic mass is 9.64. The second-order valence-corrected chi connectivity index (χ2v) is 7.11. The van der Waals surface area contributed by atoms with Gasteiger partial charge in [-0.2, -0.15) is 0 Å². The molecule has 3 atom stereocenters. The molecule has 0 spiro atoms. The molecule has 1 aromatic carbocycles. The molecule has 136 valence electrons. The van der Waals surface area contributed by atoms with Crippen LogP contribution < -0.4 is 11.1 Å². The van der Waals surface area contributed by atoms with E-state index in [4.69, 9.17) is 10.5 Å². The smallest absolute Gasteiger partial charge is 0.222 e. The third-order valence-corrected chi connectivity index (χ3v) is 4.96. The molecular formula is C19H31ClN2O2. The summed E-state index contributed by atoms with van der Waals surface area (Å²) in [7, 11) is 0. The monoisotopic (exact) mass is 354 g/mol. The van der Waals surface area contributed by atoms with E-state index in [9.17, 15) is 4.79 Å². The molecule has 2 rings (SSSR count). The minimum Gasteiger partial charge on any atom is -0.378 e. The molecule has 5 heteroatoms. The maximum atomic E-state index is 12.3. The van der Waals surface area contributed by atoms with Gasteiger partial charge in [0.25, 0.3) is 0 Å². The molecule has 1 aliphatic rings. The number of amides is 1. The van der Waals surface area contributed by atoms with Gasteiger partial charge >= 0.3 is 0 Å². The molecule has 1 amide bonds. The number of hydrogen-bond donors (Lipinski definition) is 2. The van der Waals surface area contributed by atoms with Gasteiger partial charge in [0, 0.05) is 30.5 Å². The normalized spacial score (nSPS) is 22.8. The highest BCUT2D eigenvalue weighted by molar-refractivity contribution is 5.85. The van der Waals surface area contributed by atoms with Crippen LogP contribution in [0.15, 0.2) is 30.3 Å². The van der Waals surface area contributed by atoms with Gasteiger partial charge in [-0.1, -0.05) is 57.5 Å². The molecule has 1 aliphatic carbocycles. The first-order valence-electron chi connectivity index (χ1n) is 8.66. The molecule has 1 fully saturated rings. The Bertz CT molecular complexity index is 507. The van der Waals surface area contributed by atoms with Crippen molar-refractivity contribution in [2.24, 2.45) is 11.1 Å². The maximum Gasteiger partial charge on any atom is 0.222 e. The molecular weight excluding hydrogens is 324 g/mol. The van der Waals surface area contributed by atoms with Gasteiger partial charge in [0.15, 0.2) is 0 Å². The van der Waals surface area contributed by atoms with Crippen molar-refractivity contribution in [3.8, 4) is 0 Å². The summed E-state index contributed by atoms with van der Waals surface area (Å²) in [4.78, 5) is 12.3. The van der Waals surface area contributed by atoms with Gasteiger partial charge in [0.05, 0.1) is 6.10 Å². The Hall–Kier alpha value is -1.10. The third-order valence-electron chi connectivity index (χ3n) is 4.96. The average molecular weight is 355 g/mol. The number of benzene rings is 1. The van der Waals surface area contributed by atoms with E-state index >= 15 is 0 Å². The van der Waals surface area contributed by atoms with Crippen LogP contribution in [0, 0.1) is 5.41 Å². The van der Waals surface area contributed by atoms with Gasteiger partial charge in [-0.3, -0.25) is 4.79 Å². The average Bonchev–Trinajstić information content (AvgIpc) is 2.54. The summed E-state index contributed by atoms with van der Waals surface area (Å²) in [6.07, 6.45) is 3.68. The largest absolute Gasteiger partial charge is 0.378 e. The molecule has 3 unspecified atom stereocenters. The molecule has 0 aromatic heterocycles. The number of unbranched alkanes of at least 4 members (excludes halogenated alkanes) is 1. The summed E-state index contributed by atoms with van der Waals surface area (Å²) in [6, 6.07) is 9.68. The summed E-state index contributed by atoms with van der Waals surface area (Å²) < 4.78 is 5.92. The number of carbonyl (C=O) groups is 1. The van der Waals surface area contributed by atoms with Gasteiger partial charge in [-0.25, -0.2) is 0 Å². The van der Waals surface area contributed by atoms with E-state index in [0.717, 1.165) is 31.4 Å². The Morgan fingerprint density at radius 3 is 2.62 bits per heavy atom. The van der Waals surface area contributed by atoms with E-state index in [1.165, 1.54) is 0 Å². The van der Waals surface area contributed by atoms with E-state index < -0.39 is 0 Å². The number of nitrogens with one attached hydrogen (secondary N) is 1. The molecule has 1 aromatic rings. The predicted molar refractivity (Wildman–Crippen MR) is 100 cm³/mol. The molecule has 0 heterocycles. The van der Waals surface area contributed by atoms with Crippen molar-refractivity contribution in [3.63, 3.8) is 0 Å². The van der Waals surface area contributed by atoms with Crippen LogP contribution in [0.5, 0.6) is 0 Å². The van der Waals surface area contributed by atoms with Crippen LogP contribution in [-0.4, -0.2) is 24.7 Å². The lowest BCUT2D eigenvalue weighted by Gasteiger charge is -2.51. The summed E-state index contributed by atoms with van der Waals surface area (Å²) in [5, 5.41) is 3.13. The Labute approximate surface area is 151 Å². The van der Waals surface area contributed by atoms with Crippen LogP contribution >= 0.6 is 12.4 Å². The molecule has 0 saturated heterocycles. The number of rotatable bonds is 8. The number of hydrogen-bond acceptors (Lipinski definition) is 3. The minimum absolute atomic E-state index is 0. The summed E-state index contributed by atoms with van der Waals surface area (Å²) in [5.74, 6) is 0.0198. The van der Waals surface area contributed by atoms with Gasteiger partial charge in [-0.15, -0.1) is 12.4 Å². The second-order valence-electron chi connectivity index (χ2n) is 7.11.